The number of benzene rings is 1. The quantitative estimate of drug-likeness (QED) is 0.840. The van der Waals surface area contributed by atoms with Crippen molar-refractivity contribution in [2.75, 3.05) is 26.2 Å². The Morgan fingerprint density at radius 2 is 1.83 bits per heavy atom. The minimum Gasteiger partial charge on any atom is -0.327 e. The zero-order chi connectivity index (χ0) is 16.7. The number of Topliss-reactive ketones (excluding diaryl/α,β-unsaturated/α-hetero) is 1. The first-order chi connectivity index (χ1) is 10.8. The highest BCUT2D eigenvalue weighted by molar-refractivity contribution is 6.04. The predicted octanol–water partition coefficient (Wildman–Crippen LogP) is 0.705. The number of alkyl halides is 3. The van der Waals surface area contributed by atoms with Crippen molar-refractivity contribution in [2.45, 2.75) is 18.3 Å². The number of rotatable bonds is 2. The smallest absolute Gasteiger partial charge is 0.327 e. The van der Waals surface area contributed by atoms with Crippen LogP contribution < -0.4 is 10.6 Å². The third kappa shape index (κ3) is 2.72. The molecular weight excluding hydrogens is 311 g/mol. The molecule has 2 N–H and O–H groups in total. The number of halogens is 3. The zero-order valence-electron chi connectivity index (χ0n) is 12.2. The van der Waals surface area contributed by atoms with Gasteiger partial charge in [-0.1, -0.05) is 18.2 Å². The summed E-state index contributed by atoms with van der Waals surface area (Å²) in [6.45, 7) is 1.43. The third-order valence-corrected chi connectivity index (χ3v) is 4.32. The van der Waals surface area contributed by atoms with E-state index in [4.69, 9.17) is 0 Å². The molecule has 23 heavy (non-hydrogen) atoms. The highest BCUT2D eigenvalue weighted by Gasteiger charge is 2.58. The first-order valence-electron chi connectivity index (χ1n) is 7.32. The summed E-state index contributed by atoms with van der Waals surface area (Å²) in [4.78, 5) is 25.9. The second-order valence-corrected chi connectivity index (χ2v) is 5.71. The second kappa shape index (κ2) is 5.61. The molecule has 0 radical (unpaired) electrons. The lowest BCUT2D eigenvalue weighted by Gasteiger charge is -2.47. The lowest BCUT2D eigenvalue weighted by Crippen LogP contribution is -2.73. The Labute approximate surface area is 130 Å². The molecule has 1 aromatic carbocycles. The zero-order valence-corrected chi connectivity index (χ0v) is 12.2. The van der Waals surface area contributed by atoms with E-state index < -0.39 is 23.5 Å². The van der Waals surface area contributed by atoms with Crippen LogP contribution in [-0.2, 0) is 11.2 Å². The fourth-order valence-corrected chi connectivity index (χ4v) is 3.22. The van der Waals surface area contributed by atoms with E-state index in [9.17, 15) is 22.8 Å². The minimum absolute atomic E-state index is 0.187. The summed E-state index contributed by atoms with van der Waals surface area (Å²) in [5.41, 5.74) is -1.30. The van der Waals surface area contributed by atoms with E-state index >= 15 is 0 Å². The maximum absolute atomic E-state index is 13.2. The van der Waals surface area contributed by atoms with E-state index in [0.29, 0.717) is 24.2 Å². The van der Waals surface area contributed by atoms with Gasteiger partial charge in [-0.25, -0.2) is 0 Å². The highest BCUT2D eigenvalue weighted by Crippen LogP contribution is 2.33. The number of nitrogens with one attached hydrogen (secondary N) is 2. The molecule has 0 bridgehead atoms. The maximum Gasteiger partial charge on any atom is 0.454 e. The largest absolute Gasteiger partial charge is 0.454 e. The van der Waals surface area contributed by atoms with Crippen LogP contribution in [0.1, 0.15) is 15.9 Å². The van der Waals surface area contributed by atoms with Gasteiger partial charge < -0.3 is 10.6 Å². The SMILES string of the molecule is O=C1NC(C(=O)C(F)(F)F)(N2CCNCC2)Cc2ccccc21. The van der Waals surface area contributed by atoms with Gasteiger partial charge in [0.05, 0.1) is 0 Å². The first kappa shape index (κ1) is 15.9. The van der Waals surface area contributed by atoms with Gasteiger partial charge in [0, 0.05) is 38.2 Å². The van der Waals surface area contributed by atoms with Gasteiger partial charge in [-0.2, -0.15) is 13.2 Å². The molecule has 2 heterocycles. The normalized spacial score (nSPS) is 25.6. The fraction of sp³-hybridized carbons (Fsp3) is 0.467. The molecule has 1 amide bonds. The monoisotopic (exact) mass is 327 g/mol. The van der Waals surface area contributed by atoms with Crippen molar-refractivity contribution < 1.29 is 22.8 Å². The standard InChI is InChI=1S/C15H16F3N3O2/c16-15(17,18)13(23)14(21-7-5-19-6-8-21)9-10-3-1-2-4-11(10)12(22)20-14/h1-4,19H,5-9H2,(H,20,22). The molecular formula is C15H16F3N3O2. The predicted molar refractivity (Wildman–Crippen MR) is 75.8 cm³/mol. The number of hydrogen-bond donors (Lipinski definition) is 2. The van der Waals surface area contributed by atoms with Crippen molar-refractivity contribution in [1.29, 1.82) is 0 Å². The van der Waals surface area contributed by atoms with Gasteiger partial charge in [-0.3, -0.25) is 14.5 Å². The van der Waals surface area contributed by atoms with Crippen LogP contribution in [0, 0.1) is 0 Å². The lowest BCUT2D eigenvalue weighted by molar-refractivity contribution is -0.186. The molecule has 2 aliphatic rings. The summed E-state index contributed by atoms with van der Waals surface area (Å²) in [5, 5.41) is 5.38. The molecule has 124 valence electrons. The van der Waals surface area contributed by atoms with Crippen LogP contribution >= 0.6 is 0 Å². The number of carbonyl (C=O) groups excluding carboxylic acids is 2. The van der Waals surface area contributed by atoms with Crippen LogP contribution in [0.4, 0.5) is 13.2 Å². The molecule has 1 fully saturated rings. The molecule has 1 atom stereocenters. The summed E-state index contributed by atoms with van der Waals surface area (Å²) in [5.74, 6) is -2.57. The molecule has 2 aliphatic heterocycles. The van der Waals surface area contributed by atoms with E-state index in [2.05, 4.69) is 10.6 Å². The molecule has 0 aliphatic carbocycles. The molecule has 1 aromatic rings. The summed E-state index contributed by atoms with van der Waals surface area (Å²) >= 11 is 0. The van der Waals surface area contributed by atoms with Crippen LogP contribution in [0.2, 0.25) is 0 Å². The van der Waals surface area contributed by atoms with Crippen molar-refractivity contribution in [2.24, 2.45) is 0 Å². The van der Waals surface area contributed by atoms with Gasteiger partial charge >= 0.3 is 6.18 Å². The summed E-state index contributed by atoms with van der Waals surface area (Å²) in [6, 6.07) is 6.43. The van der Waals surface area contributed by atoms with Crippen molar-refractivity contribution in [3.63, 3.8) is 0 Å². The number of amides is 1. The Morgan fingerprint density at radius 1 is 1.17 bits per heavy atom. The molecule has 0 spiro atoms. The number of carbonyl (C=O) groups is 2. The molecule has 8 heteroatoms. The number of fused-ring (bicyclic) bond motifs is 1. The van der Waals surface area contributed by atoms with E-state index in [0.717, 1.165) is 0 Å². The summed E-state index contributed by atoms with van der Waals surface area (Å²) < 4.78 is 39.6. The van der Waals surface area contributed by atoms with Crippen LogP contribution in [0.5, 0.6) is 0 Å². The minimum atomic E-state index is -5.02. The van der Waals surface area contributed by atoms with E-state index in [1.54, 1.807) is 24.3 Å². The Hall–Kier alpha value is -1.93. The van der Waals surface area contributed by atoms with Crippen LogP contribution in [0.15, 0.2) is 24.3 Å². The van der Waals surface area contributed by atoms with Gasteiger partial charge in [-0.15, -0.1) is 0 Å². The first-order valence-corrected chi connectivity index (χ1v) is 7.32. The van der Waals surface area contributed by atoms with Gasteiger partial charge in [0.1, 0.15) is 0 Å². The van der Waals surface area contributed by atoms with E-state index in [1.165, 1.54) is 4.90 Å². The number of hydrogen-bond acceptors (Lipinski definition) is 4. The van der Waals surface area contributed by atoms with Crippen molar-refractivity contribution in [3.05, 3.63) is 35.4 Å². The van der Waals surface area contributed by atoms with Crippen LogP contribution in [0.3, 0.4) is 0 Å². The van der Waals surface area contributed by atoms with Gasteiger partial charge in [-0.05, 0) is 11.6 Å². The fourth-order valence-electron chi connectivity index (χ4n) is 3.22. The molecule has 1 unspecified atom stereocenters. The Balaban J connectivity index is 2.07. The topological polar surface area (TPSA) is 61.4 Å². The van der Waals surface area contributed by atoms with Gasteiger partial charge in [0.25, 0.3) is 11.7 Å². The third-order valence-electron chi connectivity index (χ3n) is 4.32. The number of ketones is 1. The number of nitrogens with zero attached hydrogens (tertiary/aromatic N) is 1. The highest BCUT2D eigenvalue weighted by atomic mass is 19.4. The van der Waals surface area contributed by atoms with Crippen molar-refractivity contribution >= 4 is 11.7 Å². The molecule has 0 aromatic heterocycles. The van der Waals surface area contributed by atoms with Crippen molar-refractivity contribution in [3.8, 4) is 0 Å². The lowest BCUT2D eigenvalue weighted by atomic mass is 9.85. The maximum atomic E-state index is 13.2. The molecule has 3 rings (SSSR count). The number of piperazine rings is 1. The summed E-state index contributed by atoms with van der Waals surface area (Å²) in [7, 11) is 0. The molecule has 0 saturated carbocycles. The van der Waals surface area contributed by atoms with Crippen LogP contribution in [-0.4, -0.2) is 54.6 Å². The second-order valence-electron chi connectivity index (χ2n) is 5.71. The summed E-state index contributed by atoms with van der Waals surface area (Å²) in [6.07, 6.45) is -5.21. The Bertz CT molecular complexity index is 641. The van der Waals surface area contributed by atoms with Crippen LogP contribution in [0.25, 0.3) is 0 Å². The van der Waals surface area contributed by atoms with Gasteiger partial charge in [0.2, 0.25) is 0 Å². The van der Waals surface area contributed by atoms with E-state index in [1.807, 2.05) is 0 Å². The Kier molecular flexibility index (Phi) is 3.89. The van der Waals surface area contributed by atoms with E-state index in [-0.39, 0.29) is 19.5 Å². The average Bonchev–Trinajstić information content (AvgIpc) is 2.54. The van der Waals surface area contributed by atoms with Gasteiger partial charge in [0.15, 0.2) is 5.66 Å². The molecule has 5 nitrogen and oxygen atoms in total. The average molecular weight is 327 g/mol. The molecule has 1 saturated heterocycles. The van der Waals surface area contributed by atoms with Crippen molar-refractivity contribution in [1.82, 2.24) is 15.5 Å². The Morgan fingerprint density at radius 3 is 2.48 bits per heavy atom.